The van der Waals surface area contributed by atoms with Gasteiger partial charge < -0.3 is 4.74 Å². The van der Waals surface area contributed by atoms with Crippen LogP contribution in [0.1, 0.15) is 67.7 Å². The number of aromatic nitrogens is 1. The van der Waals surface area contributed by atoms with Gasteiger partial charge in [0.25, 0.3) is 0 Å². The van der Waals surface area contributed by atoms with E-state index < -0.39 is 5.92 Å². The van der Waals surface area contributed by atoms with E-state index in [0.29, 0.717) is 6.61 Å². The number of nitro groups is 1. The third kappa shape index (κ3) is 8.64. The maximum Gasteiger partial charge on any atom is 0.306 e. The molecule has 1 heterocycles. The summed E-state index contributed by atoms with van der Waals surface area (Å²) in [5.41, 5.74) is 0. The molecular weight excluding hydrogens is 316 g/mol. The first-order valence-corrected chi connectivity index (χ1v) is 9.04. The molecule has 1 aromatic heterocycles. The second-order valence-corrected chi connectivity index (χ2v) is 6.95. The lowest BCUT2D eigenvalue weighted by Gasteiger charge is -2.10. The van der Waals surface area contributed by atoms with Gasteiger partial charge in [0, 0.05) is 16.0 Å². The van der Waals surface area contributed by atoms with Gasteiger partial charge in [-0.15, -0.1) is 11.3 Å². The van der Waals surface area contributed by atoms with Gasteiger partial charge in [-0.05, 0) is 13.3 Å². The molecule has 0 bridgehead atoms. The number of aryl methyl sites for hydroxylation is 1. The van der Waals surface area contributed by atoms with Gasteiger partial charge in [0.2, 0.25) is 6.54 Å². The molecule has 0 saturated heterocycles. The van der Waals surface area contributed by atoms with Crippen molar-refractivity contribution in [1.82, 2.24) is 4.98 Å². The first kappa shape index (κ1) is 19.5. The minimum absolute atomic E-state index is 0.0401. The fraction of sp³-hybridized carbons (Fsp3) is 0.750. The number of nitrogens with zero attached hydrogens (tertiary/aromatic N) is 2. The number of unbranched alkanes of at least 4 members (excludes halogenated alkanes) is 5. The van der Waals surface area contributed by atoms with Crippen molar-refractivity contribution in [3.8, 4) is 0 Å². The Morgan fingerprint density at radius 1 is 1.35 bits per heavy atom. The number of esters is 1. The highest BCUT2D eigenvalue weighted by molar-refractivity contribution is 7.11. The molecule has 0 aliphatic heterocycles. The quantitative estimate of drug-likeness (QED) is 0.247. The van der Waals surface area contributed by atoms with Crippen LogP contribution in [0, 0.1) is 17.0 Å². The average Bonchev–Trinajstić information content (AvgIpc) is 2.92. The van der Waals surface area contributed by atoms with Crippen molar-refractivity contribution >= 4 is 17.3 Å². The van der Waals surface area contributed by atoms with Crippen LogP contribution in [0.15, 0.2) is 6.20 Å². The van der Waals surface area contributed by atoms with Gasteiger partial charge in [-0.2, -0.15) is 0 Å². The van der Waals surface area contributed by atoms with Crippen molar-refractivity contribution in [3.63, 3.8) is 0 Å². The molecule has 1 aromatic rings. The minimum Gasteiger partial charge on any atom is -0.466 e. The van der Waals surface area contributed by atoms with E-state index in [-0.39, 0.29) is 23.9 Å². The summed E-state index contributed by atoms with van der Waals surface area (Å²) in [5, 5.41) is 11.6. The zero-order chi connectivity index (χ0) is 17.1. The summed E-state index contributed by atoms with van der Waals surface area (Å²) in [4.78, 5) is 27.2. The molecule has 0 aromatic carbocycles. The van der Waals surface area contributed by atoms with Crippen molar-refractivity contribution in [1.29, 1.82) is 0 Å². The Labute approximate surface area is 141 Å². The summed E-state index contributed by atoms with van der Waals surface area (Å²) in [6, 6.07) is 0. The molecular formula is C16H26N2O4S. The minimum atomic E-state index is -0.451. The summed E-state index contributed by atoms with van der Waals surface area (Å²) in [6.07, 6.45) is 8.42. The van der Waals surface area contributed by atoms with Crippen LogP contribution in [0.4, 0.5) is 0 Å². The van der Waals surface area contributed by atoms with Crippen LogP contribution >= 0.6 is 11.3 Å². The molecule has 23 heavy (non-hydrogen) atoms. The molecule has 7 heteroatoms. The van der Waals surface area contributed by atoms with Crippen molar-refractivity contribution in [3.05, 3.63) is 26.2 Å². The third-order valence-electron chi connectivity index (χ3n) is 3.58. The van der Waals surface area contributed by atoms with Crippen LogP contribution in [-0.4, -0.2) is 29.0 Å². The van der Waals surface area contributed by atoms with E-state index in [1.54, 1.807) is 6.20 Å². The van der Waals surface area contributed by atoms with Gasteiger partial charge in [0.15, 0.2) is 0 Å². The Kier molecular flexibility index (Phi) is 9.43. The number of hydrogen-bond acceptors (Lipinski definition) is 6. The first-order valence-electron chi connectivity index (χ1n) is 8.22. The maximum absolute atomic E-state index is 11.9. The van der Waals surface area contributed by atoms with Crippen molar-refractivity contribution in [2.75, 3.05) is 13.2 Å². The summed E-state index contributed by atoms with van der Waals surface area (Å²) in [6.45, 7) is 4.15. The Hall–Kier alpha value is -1.50. The van der Waals surface area contributed by atoms with E-state index >= 15 is 0 Å². The van der Waals surface area contributed by atoms with Crippen LogP contribution < -0.4 is 0 Å². The number of carbonyl (C=O) groups is 1. The van der Waals surface area contributed by atoms with E-state index in [1.165, 1.54) is 30.6 Å². The lowest BCUT2D eigenvalue weighted by atomic mass is 10.0. The summed E-state index contributed by atoms with van der Waals surface area (Å²) in [5.74, 6) is -0.815. The molecule has 0 aliphatic rings. The first-order chi connectivity index (χ1) is 11.0. The van der Waals surface area contributed by atoms with Gasteiger partial charge in [-0.1, -0.05) is 39.0 Å². The van der Waals surface area contributed by atoms with Gasteiger partial charge in [0.05, 0.1) is 24.0 Å². The standard InChI is InChI=1S/C16H26N2O4S/c1-3-4-5-6-7-8-9-22-16(19)10-14(12-18(20)21)15-11-17-13(2)23-15/h11,14H,3-10,12H2,1-2H3. The maximum atomic E-state index is 11.9. The van der Waals surface area contributed by atoms with Crippen LogP contribution in [0.5, 0.6) is 0 Å². The predicted octanol–water partition coefficient (Wildman–Crippen LogP) is 4.11. The number of thiazole rings is 1. The largest absolute Gasteiger partial charge is 0.466 e. The zero-order valence-corrected chi connectivity index (χ0v) is 14.8. The van der Waals surface area contributed by atoms with Gasteiger partial charge in [-0.3, -0.25) is 14.9 Å². The predicted molar refractivity (Wildman–Crippen MR) is 90.4 cm³/mol. The van der Waals surface area contributed by atoms with E-state index in [2.05, 4.69) is 11.9 Å². The van der Waals surface area contributed by atoms with Crippen molar-refractivity contribution in [2.24, 2.45) is 0 Å². The third-order valence-corrected chi connectivity index (χ3v) is 4.66. The fourth-order valence-corrected chi connectivity index (χ4v) is 3.21. The van der Waals surface area contributed by atoms with Crippen LogP contribution in [0.25, 0.3) is 0 Å². The normalized spacial score (nSPS) is 12.1. The molecule has 0 fully saturated rings. The molecule has 0 saturated carbocycles. The molecule has 0 aliphatic carbocycles. The second kappa shape index (κ2) is 11.1. The van der Waals surface area contributed by atoms with Crippen molar-refractivity contribution in [2.45, 2.75) is 64.7 Å². The molecule has 1 atom stereocenters. The Morgan fingerprint density at radius 3 is 2.65 bits per heavy atom. The number of rotatable bonds is 12. The monoisotopic (exact) mass is 342 g/mol. The van der Waals surface area contributed by atoms with Gasteiger partial charge >= 0.3 is 5.97 Å². The van der Waals surface area contributed by atoms with E-state index in [4.69, 9.17) is 4.74 Å². The molecule has 0 amide bonds. The molecule has 0 N–H and O–H groups in total. The molecule has 1 unspecified atom stereocenters. The SMILES string of the molecule is CCCCCCCCOC(=O)CC(C[N+](=O)[O-])c1cnc(C)s1. The number of carbonyl (C=O) groups excluding carboxylic acids is 1. The Bertz CT molecular complexity index is 490. The molecule has 0 spiro atoms. The molecule has 0 radical (unpaired) electrons. The lowest BCUT2D eigenvalue weighted by Crippen LogP contribution is -2.17. The van der Waals surface area contributed by atoms with Gasteiger partial charge in [-0.25, -0.2) is 4.98 Å². The van der Waals surface area contributed by atoms with Crippen LogP contribution in [0.2, 0.25) is 0 Å². The summed E-state index contributed by atoms with van der Waals surface area (Å²) >= 11 is 1.40. The smallest absolute Gasteiger partial charge is 0.306 e. The van der Waals surface area contributed by atoms with Crippen LogP contribution in [0.3, 0.4) is 0 Å². The molecule has 130 valence electrons. The van der Waals surface area contributed by atoms with E-state index in [0.717, 1.165) is 29.1 Å². The van der Waals surface area contributed by atoms with E-state index in [1.807, 2.05) is 6.92 Å². The topological polar surface area (TPSA) is 82.3 Å². The molecule has 6 nitrogen and oxygen atoms in total. The zero-order valence-electron chi connectivity index (χ0n) is 14.0. The highest BCUT2D eigenvalue weighted by Gasteiger charge is 2.24. The average molecular weight is 342 g/mol. The molecule has 1 rings (SSSR count). The van der Waals surface area contributed by atoms with Gasteiger partial charge in [0.1, 0.15) is 0 Å². The number of ether oxygens (including phenoxy) is 1. The summed E-state index contributed by atoms with van der Waals surface area (Å²) < 4.78 is 5.21. The van der Waals surface area contributed by atoms with E-state index in [9.17, 15) is 14.9 Å². The lowest BCUT2D eigenvalue weighted by molar-refractivity contribution is -0.483. The van der Waals surface area contributed by atoms with Crippen molar-refractivity contribution < 1.29 is 14.5 Å². The number of hydrogen-bond donors (Lipinski definition) is 0. The Morgan fingerprint density at radius 2 is 2.04 bits per heavy atom. The summed E-state index contributed by atoms with van der Waals surface area (Å²) in [7, 11) is 0. The highest BCUT2D eigenvalue weighted by Crippen LogP contribution is 2.26. The highest BCUT2D eigenvalue weighted by atomic mass is 32.1. The van der Waals surface area contributed by atoms with Crippen LogP contribution in [-0.2, 0) is 9.53 Å². The Balaban J connectivity index is 2.32. The second-order valence-electron chi connectivity index (χ2n) is 5.69. The fourth-order valence-electron chi connectivity index (χ4n) is 2.33.